The fourth-order valence-electron chi connectivity index (χ4n) is 2.89. The van der Waals surface area contributed by atoms with Gasteiger partial charge in [-0.1, -0.05) is 30.3 Å². The molecular formula is C20H14N4Na2O6S2. The second-order valence-corrected chi connectivity index (χ2v) is 9.39. The summed E-state index contributed by atoms with van der Waals surface area (Å²) in [7, 11) is -8.74. The maximum Gasteiger partial charge on any atom is 0.294 e. The van der Waals surface area contributed by atoms with Gasteiger partial charge < -0.3 is 0 Å². The Balaban J connectivity index is 0.00000204. The van der Waals surface area contributed by atoms with Crippen LogP contribution in [0.5, 0.6) is 0 Å². The molecule has 2 aromatic carbocycles. The average molecular weight is 516 g/mol. The van der Waals surface area contributed by atoms with Crippen molar-refractivity contribution in [2.45, 2.75) is 9.79 Å². The maximum atomic E-state index is 11.4. The molecule has 0 aliphatic carbocycles. The molecule has 164 valence electrons. The number of hydrogen-bond donors (Lipinski definition) is 2. The molecule has 0 fully saturated rings. The normalized spacial score (nSPS) is 11.2. The summed E-state index contributed by atoms with van der Waals surface area (Å²) < 4.78 is 63.8. The van der Waals surface area contributed by atoms with Gasteiger partial charge in [0.25, 0.3) is 20.2 Å². The van der Waals surface area contributed by atoms with Crippen LogP contribution >= 0.6 is 0 Å². The van der Waals surface area contributed by atoms with E-state index < -0.39 is 20.2 Å². The van der Waals surface area contributed by atoms with E-state index in [0.717, 1.165) is 0 Å². The van der Waals surface area contributed by atoms with E-state index in [1.54, 1.807) is 24.4 Å². The monoisotopic (exact) mass is 516 g/mol. The van der Waals surface area contributed by atoms with E-state index in [4.69, 9.17) is 0 Å². The summed E-state index contributed by atoms with van der Waals surface area (Å²) in [5.41, 5.74) is 1.99. The molecule has 0 saturated heterocycles. The number of nitrogens with zero attached hydrogens (tertiary/aromatic N) is 4. The molecule has 2 aromatic heterocycles. The van der Waals surface area contributed by atoms with E-state index in [1.165, 1.54) is 48.5 Å². The number of rotatable bonds is 5. The van der Waals surface area contributed by atoms with Crippen LogP contribution in [0.1, 0.15) is 0 Å². The van der Waals surface area contributed by atoms with Gasteiger partial charge >= 0.3 is 0 Å². The van der Waals surface area contributed by atoms with Crippen molar-refractivity contribution in [2.75, 3.05) is 0 Å². The van der Waals surface area contributed by atoms with Crippen LogP contribution in [0.4, 0.5) is 0 Å². The van der Waals surface area contributed by atoms with Crippen LogP contribution in [0.15, 0.2) is 82.7 Å². The maximum absolute atomic E-state index is 11.4. The fourth-order valence-corrected chi connectivity index (χ4v) is 3.85. The van der Waals surface area contributed by atoms with Crippen molar-refractivity contribution in [3.05, 3.63) is 72.9 Å². The third-order valence-corrected chi connectivity index (χ3v) is 6.17. The molecule has 14 heteroatoms. The summed E-state index contributed by atoms with van der Waals surface area (Å²) in [5, 5.41) is 8.34. The van der Waals surface area contributed by atoms with Crippen LogP contribution in [0.2, 0.25) is 0 Å². The van der Waals surface area contributed by atoms with Gasteiger partial charge in [-0.25, -0.2) is 4.98 Å². The number of pyridine rings is 1. The van der Waals surface area contributed by atoms with E-state index in [0.29, 0.717) is 22.5 Å². The predicted molar refractivity (Wildman–Crippen MR) is 125 cm³/mol. The van der Waals surface area contributed by atoms with Crippen molar-refractivity contribution < 1.29 is 25.9 Å². The van der Waals surface area contributed by atoms with Crippen molar-refractivity contribution in [1.82, 2.24) is 20.2 Å². The molecule has 0 spiro atoms. The molecule has 0 atom stereocenters. The minimum atomic E-state index is -4.37. The zero-order valence-corrected chi connectivity index (χ0v) is 23.7. The molecule has 0 aliphatic rings. The molecule has 0 amide bonds. The molecule has 2 heterocycles. The Morgan fingerprint density at radius 3 is 1.56 bits per heavy atom. The van der Waals surface area contributed by atoms with Crippen LogP contribution in [0.3, 0.4) is 0 Å². The number of hydrogen-bond acceptors (Lipinski definition) is 8. The van der Waals surface area contributed by atoms with Gasteiger partial charge in [0.15, 0.2) is 0 Å². The molecular weight excluding hydrogens is 502 g/mol. The summed E-state index contributed by atoms with van der Waals surface area (Å²) >= 11 is 0. The standard InChI is InChI=1S/C20H14N4O6S2.2Na/c25-31(26,27)15-8-4-13(5-9-15)18-19(14-6-10-16(11-7-14)32(28,29)30)23-24-20(22-18)17-3-1-2-12-21-17;;/h1-12H,(H,25,26,27)(H,28,29,30);;. The van der Waals surface area contributed by atoms with Crippen molar-refractivity contribution >= 4 is 79.4 Å². The molecule has 0 unspecified atom stereocenters. The Bertz CT molecular complexity index is 1500. The van der Waals surface area contributed by atoms with Crippen molar-refractivity contribution in [1.29, 1.82) is 0 Å². The first-order chi connectivity index (χ1) is 15.1. The molecule has 4 rings (SSSR count). The van der Waals surface area contributed by atoms with Gasteiger partial charge in [0.2, 0.25) is 5.82 Å². The third kappa shape index (κ3) is 6.55. The smallest absolute Gasteiger partial charge is 0.282 e. The molecule has 0 saturated carbocycles. The van der Waals surface area contributed by atoms with Crippen LogP contribution in [0.25, 0.3) is 34.0 Å². The van der Waals surface area contributed by atoms with Gasteiger partial charge in [-0.15, -0.1) is 10.2 Å². The Morgan fingerprint density at radius 2 is 1.12 bits per heavy atom. The van der Waals surface area contributed by atoms with Crippen LogP contribution in [-0.4, -0.2) is 105 Å². The summed E-state index contributed by atoms with van der Waals surface area (Å²) in [4.78, 5) is 8.17. The van der Waals surface area contributed by atoms with Gasteiger partial charge in [0.1, 0.15) is 17.1 Å². The Labute approximate surface area is 240 Å². The minimum absolute atomic E-state index is 0. The molecule has 2 N–H and O–H groups in total. The van der Waals surface area contributed by atoms with Crippen LogP contribution in [0, 0.1) is 0 Å². The van der Waals surface area contributed by atoms with Gasteiger partial charge in [-0.3, -0.25) is 14.1 Å². The summed E-state index contributed by atoms with van der Waals surface area (Å²) in [6.45, 7) is 0. The number of aromatic nitrogens is 4. The molecule has 34 heavy (non-hydrogen) atoms. The first kappa shape index (κ1) is 28.7. The Morgan fingerprint density at radius 1 is 0.618 bits per heavy atom. The zero-order chi connectivity index (χ0) is 22.9. The summed E-state index contributed by atoms with van der Waals surface area (Å²) in [5.74, 6) is 0.220. The minimum Gasteiger partial charge on any atom is -0.282 e. The van der Waals surface area contributed by atoms with E-state index in [2.05, 4.69) is 20.2 Å². The van der Waals surface area contributed by atoms with Gasteiger partial charge in [-0.2, -0.15) is 16.8 Å². The average Bonchev–Trinajstić information content (AvgIpc) is 2.78. The third-order valence-electron chi connectivity index (χ3n) is 4.43. The van der Waals surface area contributed by atoms with Gasteiger partial charge in [0.05, 0.1) is 9.79 Å². The molecule has 0 aliphatic heterocycles. The van der Waals surface area contributed by atoms with Crippen molar-refractivity contribution in [2.24, 2.45) is 0 Å². The molecule has 10 nitrogen and oxygen atoms in total. The fraction of sp³-hybridized carbons (Fsp3) is 0. The second-order valence-electron chi connectivity index (χ2n) is 6.55. The summed E-state index contributed by atoms with van der Waals surface area (Å²) in [6.07, 6.45) is 1.57. The SMILES string of the molecule is O=S(=O)(O)c1ccc(-c2nnc(-c3ccccn3)nc2-c2ccc(S(=O)(=O)O)cc2)cc1.[Na].[Na]. The quantitative estimate of drug-likeness (QED) is 0.297. The Hall–Kier alpha value is -1.58. The first-order valence-corrected chi connectivity index (χ1v) is 11.8. The van der Waals surface area contributed by atoms with E-state index in [9.17, 15) is 25.9 Å². The van der Waals surface area contributed by atoms with E-state index >= 15 is 0 Å². The van der Waals surface area contributed by atoms with Gasteiger partial charge in [-0.05, 0) is 36.4 Å². The van der Waals surface area contributed by atoms with Crippen LogP contribution < -0.4 is 0 Å². The van der Waals surface area contributed by atoms with Crippen molar-refractivity contribution in [3.63, 3.8) is 0 Å². The van der Waals surface area contributed by atoms with Crippen molar-refractivity contribution in [3.8, 4) is 34.0 Å². The zero-order valence-electron chi connectivity index (χ0n) is 18.1. The topological polar surface area (TPSA) is 160 Å². The molecule has 2 radical (unpaired) electrons. The van der Waals surface area contributed by atoms with E-state index in [-0.39, 0.29) is 80.4 Å². The summed E-state index contributed by atoms with van der Waals surface area (Å²) in [6, 6.07) is 15.8. The second kappa shape index (κ2) is 11.4. The predicted octanol–water partition coefficient (Wildman–Crippen LogP) is 2.00. The van der Waals surface area contributed by atoms with E-state index in [1.807, 2.05) is 0 Å². The Kier molecular flexibility index (Phi) is 9.64. The molecule has 0 bridgehead atoms. The largest absolute Gasteiger partial charge is 0.294 e. The first-order valence-electron chi connectivity index (χ1n) is 8.95. The number of benzene rings is 2. The molecule has 4 aromatic rings. The van der Waals surface area contributed by atoms with Gasteiger partial charge in [0, 0.05) is 76.4 Å². The van der Waals surface area contributed by atoms with Crippen LogP contribution in [-0.2, 0) is 20.2 Å².